The number of anilines is 1. The van der Waals surface area contributed by atoms with Gasteiger partial charge in [0, 0.05) is 18.8 Å². The van der Waals surface area contributed by atoms with E-state index in [-0.39, 0.29) is 5.56 Å². The van der Waals surface area contributed by atoms with Gasteiger partial charge in [-0.15, -0.1) is 0 Å². The normalized spacial score (nSPS) is 10.4. The Labute approximate surface area is 208 Å². The number of halogens is 1. The van der Waals surface area contributed by atoms with E-state index in [1.54, 1.807) is 45.6 Å². The lowest BCUT2D eigenvalue weighted by atomic mass is 10.1. The molecule has 0 unspecified atom stereocenters. The summed E-state index contributed by atoms with van der Waals surface area (Å²) in [6.45, 7) is 0.885. The second kappa shape index (κ2) is 11.6. The highest BCUT2D eigenvalue weighted by Gasteiger charge is 2.15. The molecule has 0 amide bonds. The molecule has 7 nitrogen and oxygen atoms in total. The van der Waals surface area contributed by atoms with Gasteiger partial charge < -0.3 is 34.3 Å². The topological polar surface area (TPSA) is 83.1 Å². The van der Waals surface area contributed by atoms with Crippen molar-refractivity contribution in [3.8, 4) is 17.2 Å². The van der Waals surface area contributed by atoms with E-state index < -0.39 is 5.97 Å². The van der Waals surface area contributed by atoms with E-state index in [1.807, 2.05) is 29.2 Å². The van der Waals surface area contributed by atoms with Crippen molar-refractivity contribution in [1.29, 1.82) is 0 Å². The molecule has 1 N–H and O–H groups in total. The summed E-state index contributed by atoms with van der Waals surface area (Å²) in [6, 6.07) is 17.5. The third-order valence-corrected chi connectivity index (χ3v) is 5.73. The van der Waals surface area contributed by atoms with Gasteiger partial charge in [0.25, 0.3) is 0 Å². The maximum atomic E-state index is 11.1. The Morgan fingerprint density at radius 1 is 0.882 bits per heavy atom. The number of rotatable bonds is 9. The van der Waals surface area contributed by atoms with Gasteiger partial charge in [-0.25, -0.2) is 0 Å². The first-order valence-corrected chi connectivity index (χ1v) is 11.0. The van der Waals surface area contributed by atoms with Gasteiger partial charge in [0.15, 0.2) is 16.6 Å². The molecule has 3 aromatic rings. The van der Waals surface area contributed by atoms with E-state index in [9.17, 15) is 9.90 Å². The van der Waals surface area contributed by atoms with Gasteiger partial charge in [-0.1, -0.05) is 41.9 Å². The van der Waals surface area contributed by atoms with E-state index >= 15 is 0 Å². The smallest absolute Gasteiger partial charge is 0.174 e. The van der Waals surface area contributed by atoms with Crippen molar-refractivity contribution in [3.05, 3.63) is 82.4 Å². The lowest BCUT2D eigenvalue weighted by molar-refractivity contribution is -0.255. The first-order valence-electron chi connectivity index (χ1n) is 10.2. The molecule has 9 heteroatoms. The summed E-state index contributed by atoms with van der Waals surface area (Å²) in [6.07, 6.45) is 0. The predicted molar refractivity (Wildman–Crippen MR) is 134 cm³/mol. The molecule has 178 valence electrons. The number of methoxy groups -OCH3 is 3. The van der Waals surface area contributed by atoms with Crippen molar-refractivity contribution in [3.63, 3.8) is 0 Å². The summed E-state index contributed by atoms with van der Waals surface area (Å²) >= 11 is 12.0. The van der Waals surface area contributed by atoms with Crippen molar-refractivity contribution in [2.75, 3.05) is 26.6 Å². The Morgan fingerprint density at radius 2 is 1.47 bits per heavy atom. The van der Waals surface area contributed by atoms with Crippen LogP contribution in [-0.4, -0.2) is 37.3 Å². The van der Waals surface area contributed by atoms with Crippen molar-refractivity contribution in [1.82, 2.24) is 4.90 Å². The van der Waals surface area contributed by atoms with E-state index in [0.717, 1.165) is 11.1 Å². The SMILES string of the molecule is COc1ccc(NC(=S)N(Cc2ccc(C(=O)[O-])cc2)Cc2ccc(OC)c(OC)c2)cc1Cl. The fourth-order valence-electron chi connectivity index (χ4n) is 3.31. The second-order valence-corrected chi connectivity index (χ2v) is 8.10. The van der Waals surface area contributed by atoms with Crippen LogP contribution in [0.2, 0.25) is 5.02 Å². The van der Waals surface area contributed by atoms with Crippen LogP contribution < -0.4 is 24.6 Å². The molecule has 34 heavy (non-hydrogen) atoms. The van der Waals surface area contributed by atoms with Crippen LogP contribution in [0.15, 0.2) is 60.7 Å². The highest BCUT2D eigenvalue weighted by molar-refractivity contribution is 7.80. The van der Waals surface area contributed by atoms with E-state index in [0.29, 0.717) is 46.2 Å². The lowest BCUT2D eigenvalue weighted by Gasteiger charge is -2.27. The number of carbonyl (C=O) groups excluding carboxylic acids is 1. The minimum Gasteiger partial charge on any atom is -0.545 e. The average molecular weight is 500 g/mol. The molecule has 0 aliphatic rings. The molecule has 0 atom stereocenters. The minimum atomic E-state index is -1.22. The number of nitrogens with zero attached hydrogens (tertiary/aromatic N) is 1. The average Bonchev–Trinajstić information content (AvgIpc) is 2.84. The van der Waals surface area contributed by atoms with E-state index in [1.165, 1.54) is 12.1 Å². The van der Waals surface area contributed by atoms with Crippen LogP contribution in [0.1, 0.15) is 21.5 Å². The monoisotopic (exact) mass is 499 g/mol. The van der Waals surface area contributed by atoms with Crippen LogP contribution in [0.25, 0.3) is 0 Å². The largest absolute Gasteiger partial charge is 0.545 e. The van der Waals surface area contributed by atoms with Gasteiger partial charge in [0.1, 0.15) is 5.75 Å². The van der Waals surface area contributed by atoms with Crippen molar-refractivity contribution in [2.24, 2.45) is 0 Å². The number of hydrogen-bond donors (Lipinski definition) is 1. The highest BCUT2D eigenvalue weighted by atomic mass is 35.5. The van der Waals surface area contributed by atoms with E-state index in [2.05, 4.69) is 5.32 Å². The molecule has 0 aliphatic heterocycles. The van der Waals surface area contributed by atoms with Crippen LogP contribution in [0.4, 0.5) is 5.69 Å². The second-order valence-electron chi connectivity index (χ2n) is 7.31. The lowest BCUT2D eigenvalue weighted by Crippen LogP contribution is -2.34. The Balaban J connectivity index is 1.86. The Kier molecular flexibility index (Phi) is 8.56. The summed E-state index contributed by atoms with van der Waals surface area (Å²) in [5.74, 6) is 0.582. The van der Waals surface area contributed by atoms with Crippen molar-refractivity contribution in [2.45, 2.75) is 13.1 Å². The highest BCUT2D eigenvalue weighted by Crippen LogP contribution is 2.29. The number of thiocarbonyl (C=S) groups is 1. The number of hydrogen-bond acceptors (Lipinski definition) is 6. The van der Waals surface area contributed by atoms with Crippen LogP contribution in [-0.2, 0) is 13.1 Å². The molecule has 0 aliphatic carbocycles. The standard InChI is InChI=1S/C25H25ClN2O5S/c1-31-21-11-9-19(13-20(21)26)27-25(34)28(14-16-4-7-18(8-5-16)24(29)30)15-17-6-10-22(32-2)23(12-17)33-3/h4-13H,14-15H2,1-3H3,(H,27,34)(H,29,30)/p-1. The number of aromatic carboxylic acids is 1. The van der Waals surface area contributed by atoms with Crippen LogP contribution in [0, 0.1) is 0 Å². The number of carboxylic acids is 1. The molecule has 3 aromatic carbocycles. The summed E-state index contributed by atoms with van der Waals surface area (Å²) in [7, 11) is 4.71. The van der Waals surface area contributed by atoms with Gasteiger partial charge in [-0.05, 0) is 59.2 Å². The molecular formula is C25H24ClN2O5S-. The molecule has 0 radical (unpaired) electrons. The third kappa shape index (κ3) is 6.30. The molecule has 3 rings (SSSR count). The summed E-state index contributed by atoms with van der Waals surface area (Å²) in [5.41, 5.74) is 2.65. The zero-order chi connectivity index (χ0) is 24.7. The van der Waals surface area contributed by atoms with Gasteiger partial charge in [0.2, 0.25) is 0 Å². The number of ether oxygens (including phenoxy) is 3. The van der Waals surface area contributed by atoms with Crippen LogP contribution in [0.5, 0.6) is 17.2 Å². The Morgan fingerprint density at radius 3 is 2.06 bits per heavy atom. The third-order valence-electron chi connectivity index (χ3n) is 5.07. The number of nitrogens with one attached hydrogen (secondary N) is 1. The minimum absolute atomic E-state index is 0.115. The zero-order valence-electron chi connectivity index (χ0n) is 19.0. The van der Waals surface area contributed by atoms with E-state index in [4.69, 9.17) is 38.0 Å². The van der Waals surface area contributed by atoms with Gasteiger partial charge >= 0.3 is 0 Å². The van der Waals surface area contributed by atoms with Crippen molar-refractivity contribution < 1.29 is 24.1 Å². The number of carboxylic acid groups (broad SMARTS) is 1. The quantitative estimate of drug-likeness (QED) is 0.440. The summed E-state index contributed by atoms with van der Waals surface area (Å²) in [4.78, 5) is 13.0. The molecule has 0 saturated heterocycles. The number of benzene rings is 3. The molecule has 0 bridgehead atoms. The van der Waals surface area contributed by atoms with Gasteiger partial charge in [-0.3, -0.25) is 0 Å². The molecule has 0 saturated carbocycles. The predicted octanol–water partition coefficient (Wildman–Crippen LogP) is 4.13. The summed E-state index contributed by atoms with van der Waals surface area (Å²) in [5, 5.41) is 15.2. The van der Waals surface area contributed by atoms with Gasteiger partial charge in [0.05, 0.1) is 32.3 Å². The fourth-order valence-corrected chi connectivity index (χ4v) is 3.82. The van der Waals surface area contributed by atoms with Crippen LogP contribution >= 0.6 is 23.8 Å². The van der Waals surface area contributed by atoms with Crippen molar-refractivity contribution >= 4 is 40.6 Å². The number of carbonyl (C=O) groups is 1. The Bertz CT molecular complexity index is 1170. The molecular weight excluding hydrogens is 476 g/mol. The zero-order valence-corrected chi connectivity index (χ0v) is 20.5. The first kappa shape index (κ1) is 25.1. The molecule has 0 fully saturated rings. The fraction of sp³-hybridized carbons (Fsp3) is 0.200. The first-order chi connectivity index (χ1) is 16.3. The van der Waals surface area contributed by atoms with Gasteiger partial charge in [-0.2, -0.15) is 0 Å². The maximum Gasteiger partial charge on any atom is 0.174 e. The maximum absolute atomic E-state index is 11.1. The summed E-state index contributed by atoms with van der Waals surface area (Å²) < 4.78 is 16.0. The molecule has 0 aromatic heterocycles. The Hall–Kier alpha value is -3.49. The molecule has 0 heterocycles. The van der Waals surface area contributed by atoms with Crippen LogP contribution in [0.3, 0.4) is 0 Å². The molecule has 0 spiro atoms.